The lowest BCUT2D eigenvalue weighted by Gasteiger charge is -2.11. The van der Waals surface area contributed by atoms with E-state index in [-0.39, 0.29) is 6.61 Å². The summed E-state index contributed by atoms with van der Waals surface area (Å²) in [4.78, 5) is 17.5. The average molecular weight is 496 g/mol. The highest BCUT2D eigenvalue weighted by molar-refractivity contribution is 6.04. The Bertz CT molecular complexity index is 1560. The highest BCUT2D eigenvalue weighted by atomic mass is 16.5. The van der Waals surface area contributed by atoms with Crippen LogP contribution >= 0.6 is 0 Å². The number of carbonyl (C=O) groups is 1. The summed E-state index contributed by atoms with van der Waals surface area (Å²) in [5.41, 5.74) is 7.01. The summed E-state index contributed by atoms with van der Waals surface area (Å²) in [6, 6.07) is 17.3. The minimum Gasteiger partial charge on any atom is -0.463 e. The number of ether oxygens (including phenoxy) is 2. The Kier molecular flexibility index (Phi) is 6.53. The Balaban J connectivity index is 1.44. The largest absolute Gasteiger partial charge is 0.463 e. The SMILES string of the molecule is CCOC(=O)c1cc(-c2ccco2)nc2nn(Cc3ccc(Oc4cc(C)c(C)c(C)c4)cc3)c(C)c12. The van der Waals surface area contributed by atoms with Crippen LogP contribution in [-0.4, -0.2) is 27.3 Å². The van der Waals surface area contributed by atoms with Crippen LogP contribution < -0.4 is 4.74 Å². The molecule has 3 aromatic heterocycles. The van der Waals surface area contributed by atoms with Crippen LogP contribution in [-0.2, 0) is 11.3 Å². The van der Waals surface area contributed by atoms with Gasteiger partial charge in [0.1, 0.15) is 17.2 Å². The molecule has 0 amide bonds. The first-order valence-corrected chi connectivity index (χ1v) is 12.3. The van der Waals surface area contributed by atoms with Gasteiger partial charge in [-0.2, -0.15) is 5.10 Å². The summed E-state index contributed by atoms with van der Waals surface area (Å²) in [5, 5.41) is 5.40. The number of esters is 1. The number of furan rings is 1. The first-order valence-electron chi connectivity index (χ1n) is 12.3. The van der Waals surface area contributed by atoms with Gasteiger partial charge in [0.2, 0.25) is 0 Å². The van der Waals surface area contributed by atoms with Crippen LogP contribution in [0.25, 0.3) is 22.5 Å². The molecule has 0 aliphatic heterocycles. The average Bonchev–Trinajstić information content (AvgIpc) is 3.52. The molecule has 0 atom stereocenters. The smallest absolute Gasteiger partial charge is 0.339 e. The molecule has 0 N–H and O–H groups in total. The van der Waals surface area contributed by atoms with Gasteiger partial charge in [0.15, 0.2) is 11.4 Å². The first-order chi connectivity index (χ1) is 17.8. The van der Waals surface area contributed by atoms with E-state index < -0.39 is 5.97 Å². The zero-order valence-corrected chi connectivity index (χ0v) is 21.7. The number of benzene rings is 2. The van der Waals surface area contributed by atoms with Crippen molar-refractivity contribution in [2.75, 3.05) is 6.61 Å². The maximum atomic E-state index is 12.8. The van der Waals surface area contributed by atoms with Gasteiger partial charge in [-0.15, -0.1) is 0 Å². The van der Waals surface area contributed by atoms with E-state index in [2.05, 4.69) is 37.9 Å². The van der Waals surface area contributed by atoms with Gasteiger partial charge in [-0.05, 0) is 99.3 Å². The first kappa shape index (κ1) is 24.3. The van der Waals surface area contributed by atoms with Gasteiger partial charge in [0.05, 0.1) is 30.4 Å². The predicted octanol–water partition coefficient (Wildman–Crippen LogP) is 6.94. The molecule has 0 spiro atoms. The van der Waals surface area contributed by atoms with Gasteiger partial charge in [0.25, 0.3) is 0 Å². The van der Waals surface area contributed by atoms with E-state index in [9.17, 15) is 4.79 Å². The van der Waals surface area contributed by atoms with Crippen LogP contribution in [0.15, 0.2) is 65.3 Å². The molecule has 37 heavy (non-hydrogen) atoms. The number of pyridine rings is 1. The maximum Gasteiger partial charge on any atom is 0.339 e. The lowest BCUT2D eigenvalue weighted by Crippen LogP contribution is -2.07. The van der Waals surface area contributed by atoms with Crippen molar-refractivity contribution in [2.45, 2.75) is 41.2 Å². The Morgan fingerprint density at radius 2 is 1.70 bits per heavy atom. The van der Waals surface area contributed by atoms with E-state index in [1.807, 2.05) is 35.9 Å². The number of carbonyl (C=O) groups excluding carboxylic acids is 1. The Labute approximate surface area is 215 Å². The van der Waals surface area contributed by atoms with Crippen molar-refractivity contribution in [3.05, 3.63) is 94.4 Å². The van der Waals surface area contributed by atoms with Crippen LogP contribution in [0.3, 0.4) is 0 Å². The molecule has 0 bridgehead atoms. The van der Waals surface area contributed by atoms with Crippen molar-refractivity contribution in [3.8, 4) is 23.0 Å². The third-order valence-electron chi connectivity index (χ3n) is 6.63. The molecule has 5 aromatic rings. The van der Waals surface area contributed by atoms with Gasteiger partial charge in [-0.3, -0.25) is 4.68 Å². The molecule has 0 fully saturated rings. The fraction of sp³-hybridized carbons (Fsp3) is 0.233. The lowest BCUT2D eigenvalue weighted by molar-refractivity contribution is 0.0528. The quantitative estimate of drug-likeness (QED) is 0.228. The molecule has 0 aliphatic rings. The predicted molar refractivity (Wildman–Crippen MR) is 142 cm³/mol. The number of nitrogens with zero attached hydrogens (tertiary/aromatic N) is 3. The molecule has 0 saturated carbocycles. The number of aromatic nitrogens is 3. The van der Waals surface area contributed by atoms with E-state index in [0.717, 1.165) is 22.8 Å². The standard InChI is InChI=1S/C30H29N3O4/c1-6-35-30(34)25-16-26(27-8-7-13-36-27)31-29-28(25)21(5)33(32-29)17-22-9-11-23(12-10-22)37-24-14-18(2)20(4)19(3)15-24/h7-16H,6,17H2,1-5H3. The molecule has 0 aliphatic carbocycles. The minimum absolute atomic E-state index is 0.280. The molecular weight excluding hydrogens is 466 g/mol. The van der Waals surface area contributed by atoms with E-state index >= 15 is 0 Å². The molecule has 5 rings (SSSR count). The number of rotatable bonds is 7. The van der Waals surface area contributed by atoms with Crippen molar-refractivity contribution >= 4 is 17.0 Å². The Hall–Kier alpha value is -4.39. The second kappa shape index (κ2) is 9.93. The van der Waals surface area contributed by atoms with E-state index in [4.69, 9.17) is 19.0 Å². The Morgan fingerprint density at radius 1 is 0.973 bits per heavy atom. The molecule has 7 heteroatoms. The third-order valence-corrected chi connectivity index (χ3v) is 6.63. The lowest BCUT2D eigenvalue weighted by atomic mass is 10.0. The minimum atomic E-state index is -0.409. The van der Waals surface area contributed by atoms with Crippen molar-refractivity contribution < 1.29 is 18.7 Å². The van der Waals surface area contributed by atoms with Gasteiger partial charge in [0, 0.05) is 5.69 Å². The van der Waals surface area contributed by atoms with Crippen molar-refractivity contribution in [2.24, 2.45) is 0 Å². The Morgan fingerprint density at radius 3 is 2.35 bits per heavy atom. The summed E-state index contributed by atoms with van der Waals surface area (Å²) in [7, 11) is 0. The summed E-state index contributed by atoms with van der Waals surface area (Å²) in [5.74, 6) is 1.75. The summed E-state index contributed by atoms with van der Waals surface area (Å²) in [6.07, 6.45) is 1.57. The molecule has 2 aromatic carbocycles. The second-order valence-corrected chi connectivity index (χ2v) is 9.12. The zero-order valence-electron chi connectivity index (χ0n) is 21.7. The van der Waals surface area contributed by atoms with Gasteiger partial charge >= 0.3 is 5.97 Å². The van der Waals surface area contributed by atoms with Gasteiger partial charge in [-0.25, -0.2) is 9.78 Å². The molecule has 0 unspecified atom stereocenters. The number of hydrogen-bond acceptors (Lipinski definition) is 6. The fourth-order valence-corrected chi connectivity index (χ4v) is 4.38. The van der Waals surface area contributed by atoms with Crippen LogP contribution in [0.1, 0.15) is 45.2 Å². The molecular formula is C30H29N3O4. The van der Waals surface area contributed by atoms with Crippen molar-refractivity contribution in [1.82, 2.24) is 14.8 Å². The van der Waals surface area contributed by atoms with Crippen LogP contribution in [0, 0.1) is 27.7 Å². The number of hydrogen-bond donors (Lipinski definition) is 0. The number of fused-ring (bicyclic) bond motifs is 1. The summed E-state index contributed by atoms with van der Waals surface area (Å²) < 4.78 is 18.8. The molecule has 7 nitrogen and oxygen atoms in total. The van der Waals surface area contributed by atoms with Gasteiger partial charge < -0.3 is 13.9 Å². The molecule has 0 saturated heterocycles. The summed E-state index contributed by atoms with van der Waals surface area (Å²) >= 11 is 0. The van der Waals surface area contributed by atoms with Crippen molar-refractivity contribution in [3.63, 3.8) is 0 Å². The monoisotopic (exact) mass is 495 g/mol. The highest BCUT2D eigenvalue weighted by Crippen LogP contribution is 2.29. The maximum absolute atomic E-state index is 12.8. The summed E-state index contributed by atoms with van der Waals surface area (Å²) in [6.45, 7) is 10.8. The molecule has 0 radical (unpaired) electrons. The topological polar surface area (TPSA) is 79.4 Å². The van der Waals surface area contributed by atoms with Crippen molar-refractivity contribution in [1.29, 1.82) is 0 Å². The van der Waals surface area contributed by atoms with E-state index in [1.54, 1.807) is 31.4 Å². The molecule has 188 valence electrons. The molecule has 3 heterocycles. The third kappa shape index (κ3) is 4.85. The zero-order chi connectivity index (χ0) is 26.1. The van der Waals surface area contributed by atoms with Crippen LogP contribution in [0.2, 0.25) is 0 Å². The van der Waals surface area contributed by atoms with Crippen LogP contribution in [0.4, 0.5) is 0 Å². The van der Waals surface area contributed by atoms with E-state index in [0.29, 0.717) is 34.6 Å². The number of aryl methyl sites for hydroxylation is 3. The normalized spacial score (nSPS) is 11.2. The van der Waals surface area contributed by atoms with Gasteiger partial charge in [-0.1, -0.05) is 12.1 Å². The fourth-order valence-electron chi connectivity index (χ4n) is 4.38. The van der Waals surface area contributed by atoms with Crippen LogP contribution in [0.5, 0.6) is 11.5 Å². The highest BCUT2D eigenvalue weighted by Gasteiger charge is 2.21. The second-order valence-electron chi connectivity index (χ2n) is 9.12. The van der Waals surface area contributed by atoms with E-state index in [1.165, 1.54) is 16.7 Å².